The SMILES string of the molecule is CNCC1CCCCN1CCSC. The Morgan fingerprint density at radius 1 is 1.46 bits per heavy atom. The monoisotopic (exact) mass is 202 g/mol. The Morgan fingerprint density at radius 3 is 3.00 bits per heavy atom. The van der Waals surface area contributed by atoms with Crippen LogP contribution in [0.5, 0.6) is 0 Å². The molecule has 78 valence electrons. The smallest absolute Gasteiger partial charge is 0.0220 e. The highest BCUT2D eigenvalue weighted by atomic mass is 32.2. The first-order chi connectivity index (χ1) is 6.38. The van der Waals surface area contributed by atoms with Gasteiger partial charge in [0, 0.05) is 24.9 Å². The van der Waals surface area contributed by atoms with Crippen molar-refractivity contribution in [3.63, 3.8) is 0 Å². The van der Waals surface area contributed by atoms with Crippen molar-refractivity contribution in [3.05, 3.63) is 0 Å². The average molecular weight is 202 g/mol. The normalized spacial score (nSPS) is 24.9. The number of hydrogen-bond donors (Lipinski definition) is 1. The molecule has 1 aliphatic rings. The van der Waals surface area contributed by atoms with Gasteiger partial charge in [-0.2, -0.15) is 11.8 Å². The molecule has 0 bridgehead atoms. The Hall–Kier alpha value is 0.270. The fourth-order valence-corrected chi connectivity index (χ4v) is 2.45. The number of hydrogen-bond acceptors (Lipinski definition) is 3. The van der Waals surface area contributed by atoms with Crippen LogP contribution in [0.25, 0.3) is 0 Å². The predicted molar refractivity (Wildman–Crippen MR) is 61.5 cm³/mol. The molecular weight excluding hydrogens is 180 g/mol. The van der Waals surface area contributed by atoms with Crippen molar-refractivity contribution in [2.75, 3.05) is 38.7 Å². The zero-order valence-corrected chi connectivity index (χ0v) is 9.70. The topological polar surface area (TPSA) is 15.3 Å². The molecule has 0 aliphatic carbocycles. The van der Waals surface area contributed by atoms with E-state index in [1.54, 1.807) is 0 Å². The highest BCUT2D eigenvalue weighted by molar-refractivity contribution is 7.98. The third-order valence-corrected chi connectivity index (χ3v) is 3.36. The Kier molecular flexibility index (Phi) is 5.83. The Bertz CT molecular complexity index is 128. The van der Waals surface area contributed by atoms with E-state index in [-0.39, 0.29) is 0 Å². The van der Waals surface area contributed by atoms with Gasteiger partial charge in [0.05, 0.1) is 0 Å². The van der Waals surface area contributed by atoms with Crippen LogP contribution in [0.4, 0.5) is 0 Å². The van der Waals surface area contributed by atoms with Gasteiger partial charge < -0.3 is 5.32 Å². The third-order valence-electron chi connectivity index (χ3n) is 2.77. The van der Waals surface area contributed by atoms with Crippen molar-refractivity contribution in [3.8, 4) is 0 Å². The molecule has 13 heavy (non-hydrogen) atoms. The molecule has 0 aromatic heterocycles. The van der Waals surface area contributed by atoms with Gasteiger partial charge in [-0.3, -0.25) is 4.90 Å². The van der Waals surface area contributed by atoms with Gasteiger partial charge in [0.15, 0.2) is 0 Å². The number of rotatable bonds is 5. The van der Waals surface area contributed by atoms with Crippen LogP contribution < -0.4 is 5.32 Å². The molecule has 1 unspecified atom stereocenters. The quantitative estimate of drug-likeness (QED) is 0.726. The van der Waals surface area contributed by atoms with E-state index < -0.39 is 0 Å². The molecule has 0 amide bonds. The Labute approximate surface area is 86.5 Å². The maximum atomic E-state index is 3.30. The number of thioether (sulfide) groups is 1. The second-order valence-electron chi connectivity index (χ2n) is 3.74. The van der Waals surface area contributed by atoms with Crippen LogP contribution in [0, 0.1) is 0 Å². The van der Waals surface area contributed by atoms with Gasteiger partial charge in [-0.15, -0.1) is 0 Å². The number of likely N-dealkylation sites (N-methyl/N-ethyl adjacent to an activating group) is 1. The lowest BCUT2D eigenvalue weighted by Gasteiger charge is -2.35. The Balaban J connectivity index is 2.28. The molecule has 1 fully saturated rings. The summed E-state index contributed by atoms with van der Waals surface area (Å²) >= 11 is 1.95. The van der Waals surface area contributed by atoms with Crippen molar-refractivity contribution < 1.29 is 0 Å². The zero-order valence-electron chi connectivity index (χ0n) is 8.88. The minimum atomic E-state index is 0.797. The summed E-state index contributed by atoms with van der Waals surface area (Å²) in [6.07, 6.45) is 6.39. The van der Waals surface area contributed by atoms with E-state index in [0.29, 0.717) is 0 Å². The van der Waals surface area contributed by atoms with E-state index in [1.807, 2.05) is 11.8 Å². The molecule has 1 N–H and O–H groups in total. The van der Waals surface area contributed by atoms with Gasteiger partial charge in [-0.25, -0.2) is 0 Å². The molecule has 0 spiro atoms. The number of nitrogens with one attached hydrogen (secondary N) is 1. The van der Waals surface area contributed by atoms with Gasteiger partial charge in [0.2, 0.25) is 0 Å². The molecular formula is C10H22N2S. The van der Waals surface area contributed by atoms with E-state index in [1.165, 1.54) is 38.1 Å². The summed E-state index contributed by atoms with van der Waals surface area (Å²) in [5.41, 5.74) is 0. The molecule has 1 aliphatic heterocycles. The maximum Gasteiger partial charge on any atom is 0.0220 e. The van der Waals surface area contributed by atoms with Gasteiger partial charge >= 0.3 is 0 Å². The summed E-state index contributed by atoms with van der Waals surface area (Å²) in [7, 11) is 2.06. The molecule has 1 atom stereocenters. The summed E-state index contributed by atoms with van der Waals surface area (Å²) in [5, 5.41) is 3.30. The van der Waals surface area contributed by atoms with Crippen LogP contribution in [0.1, 0.15) is 19.3 Å². The lowest BCUT2D eigenvalue weighted by atomic mass is 10.0. The second-order valence-corrected chi connectivity index (χ2v) is 4.72. The lowest BCUT2D eigenvalue weighted by Crippen LogP contribution is -2.45. The van der Waals surface area contributed by atoms with Crippen molar-refractivity contribution in [2.24, 2.45) is 0 Å². The van der Waals surface area contributed by atoms with Crippen LogP contribution in [0.2, 0.25) is 0 Å². The zero-order chi connectivity index (χ0) is 9.52. The minimum Gasteiger partial charge on any atom is -0.318 e. The summed E-state index contributed by atoms with van der Waals surface area (Å²) in [5.74, 6) is 1.28. The minimum absolute atomic E-state index is 0.797. The first kappa shape index (κ1) is 11.3. The van der Waals surface area contributed by atoms with E-state index >= 15 is 0 Å². The fraction of sp³-hybridized carbons (Fsp3) is 1.00. The summed E-state index contributed by atoms with van der Waals surface area (Å²) in [4.78, 5) is 2.65. The van der Waals surface area contributed by atoms with E-state index in [4.69, 9.17) is 0 Å². The summed E-state index contributed by atoms with van der Waals surface area (Å²) in [6.45, 7) is 3.74. The molecule has 2 nitrogen and oxygen atoms in total. The summed E-state index contributed by atoms with van der Waals surface area (Å²) in [6, 6.07) is 0.797. The van der Waals surface area contributed by atoms with Crippen LogP contribution in [0.3, 0.4) is 0 Å². The number of piperidine rings is 1. The molecule has 1 heterocycles. The van der Waals surface area contributed by atoms with Gasteiger partial charge in [-0.05, 0) is 32.7 Å². The average Bonchev–Trinajstić information content (AvgIpc) is 2.17. The largest absolute Gasteiger partial charge is 0.318 e. The van der Waals surface area contributed by atoms with E-state index in [9.17, 15) is 0 Å². The first-order valence-electron chi connectivity index (χ1n) is 5.26. The Morgan fingerprint density at radius 2 is 2.31 bits per heavy atom. The maximum absolute atomic E-state index is 3.30. The second kappa shape index (κ2) is 6.68. The lowest BCUT2D eigenvalue weighted by molar-refractivity contribution is 0.157. The highest BCUT2D eigenvalue weighted by Crippen LogP contribution is 2.16. The van der Waals surface area contributed by atoms with Crippen molar-refractivity contribution in [2.45, 2.75) is 25.3 Å². The molecule has 3 heteroatoms. The molecule has 1 rings (SSSR count). The molecule has 0 aromatic carbocycles. The first-order valence-corrected chi connectivity index (χ1v) is 6.65. The van der Waals surface area contributed by atoms with Crippen LogP contribution in [0.15, 0.2) is 0 Å². The van der Waals surface area contributed by atoms with Crippen molar-refractivity contribution in [1.82, 2.24) is 10.2 Å². The van der Waals surface area contributed by atoms with Crippen LogP contribution in [-0.2, 0) is 0 Å². The highest BCUT2D eigenvalue weighted by Gasteiger charge is 2.20. The molecule has 0 saturated carbocycles. The predicted octanol–water partition coefficient (Wildman–Crippen LogP) is 1.42. The van der Waals surface area contributed by atoms with Gasteiger partial charge in [0.25, 0.3) is 0 Å². The molecule has 0 radical (unpaired) electrons. The third kappa shape index (κ3) is 3.88. The summed E-state index contributed by atoms with van der Waals surface area (Å²) < 4.78 is 0. The van der Waals surface area contributed by atoms with E-state index in [2.05, 4.69) is 23.5 Å². The fourth-order valence-electron chi connectivity index (χ4n) is 2.03. The van der Waals surface area contributed by atoms with Crippen molar-refractivity contribution in [1.29, 1.82) is 0 Å². The van der Waals surface area contributed by atoms with Crippen molar-refractivity contribution >= 4 is 11.8 Å². The molecule has 1 saturated heterocycles. The standard InChI is InChI=1S/C10H22N2S/c1-11-9-10-5-3-4-6-12(10)7-8-13-2/h10-11H,3-9H2,1-2H3. The van der Waals surface area contributed by atoms with Crippen LogP contribution in [-0.4, -0.2) is 49.6 Å². The van der Waals surface area contributed by atoms with Gasteiger partial charge in [-0.1, -0.05) is 6.42 Å². The number of nitrogens with zero attached hydrogens (tertiary/aromatic N) is 1. The van der Waals surface area contributed by atoms with Gasteiger partial charge in [0.1, 0.15) is 0 Å². The number of likely N-dealkylation sites (tertiary alicyclic amines) is 1. The molecule has 0 aromatic rings. The van der Waals surface area contributed by atoms with E-state index in [0.717, 1.165) is 12.6 Å². The van der Waals surface area contributed by atoms with Crippen LogP contribution >= 0.6 is 11.8 Å².